The van der Waals surface area contributed by atoms with Gasteiger partial charge in [-0.25, -0.2) is 0 Å². The van der Waals surface area contributed by atoms with Crippen LogP contribution in [-0.2, 0) is 20.7 Å². The van der Waals surface area contributed by atoms with Gasteiger partial charge in [0, 0.05) is 25.0 Å². The molecule has 2 aliphatic heterocycles. The number of ether oxygens (including phenoxy) is 1. The Kier molecular flexibility index (Phi) is 5.32. The minimum Gasteiger partial charge on any atom is -0.368 e. The second-order valence-corrected chi connectivity index (χ2v) is 7.35. The maximum absolute atomic E-state index is 12.4. The monoisotopic (exact) mass is 365 g/mol. The van der Waals surface area contributed by atoms with Gasteiger partial charge < -0.3 is 15.0 Å². The van der Waals surface area contributed by atoms with Crippen LogP contribution in [0.2, 0.25) is 5.02 Å². The normalized spacial score (nSPS) is 22.5. The molecule has 2 heterocycles. The maximum Gasteiger partial charge on any atom is 0.239 e. The van der Waals surface area contributed by atoms with Gasteiger partial charge in [-0.05, 0) is 31.2 Å². The molecule has 7 heteroatoms. The van der Waals surface area contributed by atoms with Crippen molar-refractivity contribution in [2.45, 2.75) is 24.5 Å². The second-order valence-electron chi connectivity index (χ2n) is 6.92. The van der Waals surface area contributed by atoms with Gasteiger partial charge in [-0.1, -0.05) is 23.7 Å². The van der Waals surface area contributed by atoms with Gasteiger partial charge in [0.2, 0.25) is 11.8 Å². The summed E-state index contributed by atoms with van der Waals surface area (Å²) in [6, 6.07) is 7.32. The first-order valence-electron chi connectivity index (χ1n) is 8.50. The highest BCUT2D eigenvalue weighted by atomic mass is 35.5. The smallest absolute Gasteiger partial charge is 0.239 e. The second kappa shape index (κ2) is 7.32. The summed E-state index contributed by atoms with van der Waals surface area (Å²) < 4.78 is 5.95. The highest BCUT2D eigenvalue weighted by Crippen LogP contribution is 2.31. The first kappa shape index (κ1) is 18.2. The van der Waals surface area contributed by atoms with Gasteiger partial charge in [-0.15, -0.1) is 0 Å². The third-order valence-electron chi connectivity index (χ3n) is 5.02. The van der Waals surface area contributed by atoms with E-state index in [1.54, 1.807) is 7.05 Å². The number of aryl methyl sites for hydroxylation is 1. The quantitative estimate of drug-likeness (QED) is 0.862. The minimum atomic E-state index is -0.324. The molecular weight excluding hydrogens is 342 g/mol. The average molecular weight is 366 g/mol. The molecule has 2 fully saturated rings. The number of benzene rings is 1. The number of carbonyl (C=O) groups excluding carboxylic acids is 2. The van der Waals surface area contributed by atoms with Crippen molar-refractivity contribution in [3.8, 4) is 0 Å². The summed E-state index contributed by atoms with van der Waals surface area (Å²) in [5, 5.41) is 3.36. The molecule has 0 aliphatic carbocycles. The number of hydrogen-bond acceptors (Lipinski definition) is 4. The molecule has 2 aliphatic rings. The van der Waals surface area contributed by atoms with Crippen molar-refractivity contribution in [1.82, 2.24) is 15.1 Å². The lowest BCUT2D eigenvalue weighted by Crippen LogP contribution is -2.73. The van der Waals surface area contributed by atoms with E-state index in [-0.39, 0.29) is 23.5 Å². The van der Waals surface area contributed by atoms with Crippen molar-refractivity contribution in [1.29, 1.82) is 0 Å². The Morgan fingerprint density at radius 1 is 1.28 bits per heavy atom. The fourth-order valence-electron chi connectivity index (χ4n) is 3.51. The summed E-state index contributed by atoms with van der Waals surface area (Å²) in [6.45, 7) is 2.21. The third kappa shape index (κ3) is 3.97. The van der Waals surface area contributed by atoms with Gasteiger partial charge in [-0.3, -0.25) is 14.5 Å². The van der Waals surface area contributed by atoms with Crippen LogP contribution in [0.3, 0.4) is 0 Å². The Morgan fingerprint density at radius 2 is 1.96 bits per heavy atom. The first-order chi connectivity index (χ1) is 11.9. The zero-order valence-electron chi connectivity index (χ0n) is 14.6. The standard InChI is InChI=1S/C18H24ClN3O3/c1-20-17(24)15-9-25-18(10-21(15)2)11-22(12-18)16(23)8-5-13-3-6-14(19)7-4-13/h3-4,6-7,15H,5,8-12H2,1-2H3,(H,20,24)/t15-/m0/s1. The van der Waals surface area contributed by atoms with Gasteiger partial charge in [0.05, 0.1) is 19.7 Å². The van der Waals surface area contributed by atoms with Gasteiger partial charge in [0.1, 0.15) is 11.6 Å². The topological polar surface area (TPSA) is 61.9 Å². The van der Waals surface area contributed by atoms with Crippen LogP contribution in [0.5, 0.6) is 0 Å². The highest BCUT2D eigenvalue weighted by Gasteiger charge is 2.50. The molecule has 1 atom stereocenters. The molecule has 0 unspecified atom stereocenters. The molecule has 1 aromatic rings. The molecule has 6 nitrogen and oxygen atoms in total. The number of halogens is 1. The van der Waals surface area contributed by atoms with Crippen molar-refractivity contribution in [2.24, 2.45) is 0 Å². The van der Waals surface area contributed by atoms with Crippen LogP contribution < -0.4 is 5.32 Å². The number of morpholine rings is 1. The molecule has 1 N–H and O–H groups in total. The summed E-state index contributed by atoms with van der Waals surface area (Å²) >= 11 is 5.87. The third-order valence-corrected chi connectivity index (χ3v) is 5.27. The Bertz CT molecular complexity index is 643. The lowest BCUT2D eigenvalue weighted by atomic mass is 9.90. The number of nitrogens with one attached hydrogen (secondary N) is 1. The molecule has 136 valence electrons. The van der Waals surface area contributed by atoms with E-state index in [1.807, 2.05) is 41.1 Å². The molecule has 3 rings (SSSR count). The Labute approximate surface area is 153 Å². The summed E-state index contributed by atoms with van der Waals surface area (Å²) in [5.41, 5.74) is 0.782. The lowest BCUT2D eigenvalue weighted by molar-refractivity contribution is -0.201. The molecule has 0 radical (unpaired) electrons. The van der Waals surface area contributed by atoms with Crippen LogP contribution in [0.25, 0.3) is 0 Å². The van der Waals surface area contributed by atoms with Gasteiger partial charge in [0.25, 0.3) is 0 Å². The number of hydrogen-bond donors (Lipinski definition) is 1. The lowest BCUT2D eigenvalue weighted by Gasteiger charge is -2.54. The number of amides is 2. The van der Waals surface area contributed by atoms with E-state index >= 15 is 0 Å². The van der Waals surface area contributed by atoms with Crippen molar-refractivity contribution in [3.05, 3.63) is 34.9 Å². The number of nitrogens with zero attached hydrogens (tertiary/aromatic N) is 2. The van der Waals surface area contributed by atoms with E-state index in [9.17, 15) is 9.59 Å². The van der Waals surface area contributed by atoms with E-state index in [2.05, 4.69) is 5.32 Å². The van der Waals surface area contributed by atoms with Crippen LogP contribution >= 0.6 is 11.6 Å². The number of likely N-dealkylation sites (N-methyl/N-ethyl adjacent to an activating group) is 2. The zero-order valence-corrected chi connectivity index (χ0v) is 15.4. The average Bonchev–Trinajstić information content (AvgIpc) is 2.58. The van der Waals surface area contributed by atoms with Crippen molar-refractivity contribution < 1.29 is 14.3 Å². The van der Waals surface area contributed by atoms with Crippen molar-refractivity contribution in [3.63, 3.8) is 0 Å². The summed E-state index contributed by atoms with van der Waals surface area (Å²) in [5.74, 6) is 0.104. The number of rotatable bonds is 4. The molecule has 1 aromatic carbocycles. The maximum atomic E-state index is 12.4. The van der Waals surface area contributed by atoms with E-state index in [4.69, 9.17) is 16.3 Å². The summed E-state index contributed by atoms with van der Waals surface area (Å²) in [4.78, 5) is 28.0. The molecule has 0 aromatic heterocycles. The number of likely N-dealkylation sites (tertiary alicyclic amines) is 1. The first-order valence-corrected chi connectivity index (χ1v) is 8.88. The Balaban J connectivity index is 1.46. The summed E-state index contributed by atoms with van der Waals surface area (Å²) in [6.07, 6.45) is 1.19. The van der Waals surface area contributed by atoms with E-state index in [1.165, 1.54) is 0 Å². The van der Waals surface area contributed by atoms with Crippen molar-refractivity contribution >= 4 is 23.4 Å². The molecule has 0 saturated carbocycles. The van der Waals surface area contributed by atoms with E-state index in [0.29, 0.717) is 44.1 Å². The largest absolute Gasteiger partial charge is 0.368 e. The van der Waals surface area contributed by atoms with Crippen LogP contribution in [0.15, 0.2) is 24.3 Å². The highest BCUT2D eigenvalue weighted by molar-refractivity contribution is 6.30. The van der Waals surface area contributed by atoms with Crippen LogP contribution in [0.1, 0.15) is 12.0 Å². The molecule has 0 bridgehead atoms. The molecule has 2 amide bonds. The predicted octanol–water partition coefficient (Wildman–Crippen LogP) is 0.930. The van der Waals surface area contributed by atoms with Gasteiger partial charge >= 0.3 is 0 Å². The van der Waals surface area contributed by atoms with Crippen LogP contribution in [0, 0.1) is 0 Å². The fraction of sp³-hybridized carbons (Fsp3) is 0.556. The van der Waals surface area contributed by atoms with Crippen molar-refractivity contribution in [2.75, 3.05) is 40.3 Å². The SMILES string of the molecule is CNC(=O)[C@@H]1COC2(CN(C(=O)CCc3ccc(Cl)cc3)C2)CN1C. The molecule has 1 spiro atoms. The van der Waals surface area contributed by atoms with Gasteiger partial charge in [0.15, 0.2) is 0 Å². The van der Waals surface area contributed by atoms with Crippen LogP contribution in [-0.4, -0.2) is 73.6 Å². The molecule has 25 heavy (non-hydrogen) atoms. The summed E-state index contributed by atoms with van der Waals surface area (Å²) in [7, 11) is 3.56. The van der Waals surface area contributed by atoms with E-state index in [0.717, 1.165) is 5.56 Å². The van der Waals surface area contributed by atoms with Crippen LogP contribution in [0.4, 0.5) is 0 Å². The Morgan fingerprint density at radius 3 is 2.56 bits per heavy atom. The predicted molar refractivity (Wildman–Crippen MR) is 95.5 cm³/mol. The minimum absolute atomic E-state index is 0.0347. The Hall–Kier alpha value is -1.63. The number of carbonyl (C=O) groups is 2. The molecular formula is C18H24ClN3O3. The van der Waals surface area contributed by atoms with E-state index < -0.39 is 0 Å². The fourth-order valence-corrected chi connectivity index (χ4v) is 3.64. The molecule has 2 saturated heterocycles. The van der Waals surface area contributed by atoms with Gasteiger partial charge in [-0.2, -0.15) is 0 Å². The zero-order chi connectivity index (χ0) is 18.0.